The first kappa shape index (κ1) is 18.7. The number of allylic oxidation sites excluding steroid dienone is 1. The normalized spacial score (nSPS) is 18.5. The molecule has 1 fully saturated rings. The van der Waals surface area contributed by atoms with Crippen LogP contribution in [0.25, 0.3) is 22.5 Å². The molecule has 3 heterocycles. The van der Waals surface area contributed by atoms with E-state index in [1.165, 1.54) is 10.9 Å². The highest BCUT2D eigenvalue weighted by Gasteiger charge is 2.30. The average Bonchev–Trinajstić information content (AvgIpc) is 3.35. The molecule has 3 nitrogen and oxygen atoms in total. The molecule has 5 heteroatoms. The minimum absolute atomic E-state index is 0.105. The summed E-state index contributed by atoms with van der Waals surface area (Å²) in [4.78, 5) is 5.74. The van der Waals surface area contributed by atoms with Crippen LogP contribution in [-0.4, -0.2) is 9.99 Å². The Labute approximate surface area is 168 Å². The summed E-state index contributed by atoms with van der Waals surface area (Å²) in [5, 5.41) is 7.27. The first-order valence-corrected chi connectivity index (χ1v) is 10.4. The highest BCUT2D eigenvalue weighted by atomic mass is 32.1. The zero-order valence-electron chi connectivity index (χ0n) is 16.3. The van der Waals surface area contributed by atoms with Crippen LogP contribution in [0.15, 0.2) is 48.0 Å². The van der Waals surface area contributed by atoms with Gasteiger partial charge in [0.1, 0.15) is 11.5 Å². The molecule has 0 spiro atoms. The summed E-state index contributed by atoms with van der Waals surface area (Å²) >= 11 is 1.64. The molecule has 0 aliphatic carbocycles. The predicted molar refractivity (Wildman–Crippen MR) is 116 cm³/mol. The van der Waals surface area contributed by atoms with E-state index in [4.69, 9.17) is 4.98 Å². The topological polar surface area (TPSA) is 28.2 Å². The molecule has 0 saturated carbocycles. The molecular formula is C23H24FN3S. The average molecular weight is 394 g/mol. The van der Waals surface area contributed by atoms with Crippen molar-refractivity contribution in [1.29, 1.82) is 0 Å². The standard InChI is InChI=1S/C23H24FN3S/c1-5-14(2)27-21(18-8-6-17(13-24)7-9-18)12-20(26-27)22-15(3)19-10-11-28-23(19)25-16(22)4/h6-11,21,26H,2,4-5,12-13H2,1,3H3. The highest BCUT2D eigenvalue weighted by Crippen LogP contribution is 2.35. The number of fused-ring (bicyclic) bond motifs is 1. The van der Waals surface area contributed by atoms with E-state index in [0.717, 1.165) is 45.2 Å². The third kappa shape index (κ3) is 3.10. The third-order valence-electron chi connectivity index (χ3n) is 5.48. The Morgan fingerprint density at radius 1 is 1.32 bits per heavy atom. The van der Waals surface area contributed by atoms with E-state index in [1.54, 1.807) is 11.3 Å². The lowest BCUT2D eigenvalue weighted by Crippen LogP contribution is -2.37. The Morgan fingerprint density at radius 3 is 2.75 bits per heavy atom. The Kier molecular flexibility index (Phi) is 4.94. The van der Waals surface area contributed by atoms with Gasteiger partial charge in [-0.25, -0.2) is 9.37 Å². The Morgan fingerprint density at radius 2 is 2.07 bits per heavy atom. The molecule has 144 valence electrons. The van der Waals surface area contributed by atoms with Gasteiger partial charge >= 0.3 is 0 Å². The van der Waals surface area contributed by atoms with E-state index in [0.29, 0.717) is 5.56 Å². The van der Waals surface area contributed by atoms with Crippen molar-refractivity contribution in [3.05, 3.63) is 75.2 Å². The van der Waals surface area contributed by atoms with Crippen molar-refractivity contribution in [1.82, 2.24) is 15.4 Å². The van der Waals surface area contributed by atoms with E-state index in [1.807, 2.05) is 24.3 Å². The van der Waals surface area contributed by atoms with Crippen LogP contribution in [0, 0.1) is 6.92 Å². The van der Waals surface area contributed by atoms with Crippen LogP contribution in [0.3, 0.4) is 0 Å². The maximum absolute atomic E-state index is 12.9. The Bertz CT molecular complexity index is 1150. The number of alkyl halides is 1. The number of halogens is 1. The van der Waals surface area contributed by atoms with E-state index >= 15 is 0 Å². The molecule has 1 aliphatic rings. The molecule has 0 bridgehead atoms. The van der Waals surface area contributed by atoms with Gasteiger partial charge in [0.2, 0.25) is 0 Å². The SMILES string of the molecule is C=C(CC)N1NC(=c2c(C)c3ccsc3nc2=C)CC1c1ccc(CF)cc1. The molecular weight excluding hydrogens is 369 g/mol. The van der Waals surface area contributed by atoms with Gasteiger partial charge in [0.25, 0.3) is 0 Å². The molecule has 0 radical (unpaired) electrons. The highest BCUT2D eigenvalue weighted by molar-refractivity contribution is 7.16. The van der Waals surface area contributed by atoms with E-state index in [-0.39, 0.29) is 6.04 Å². The summed E-state index contributed by atoms with van der Waals surface area (Å²) in [5.41, 5.74) is 8.74. The summed E-state index contributed by atoms with van der Waals surface area (Å²) in [6.45, 7) is 12.3. The van der Waals surface area contributed by atoms with Crippen molar-refractivity contribution < 1.29 is 4.39 Å². The first-order valence-electron chi connectivity index (χ1n) is 9.47. The number of thiophene rings is 1. The fourth-order valence-corrected chi connectivity index (χ4v) is 4.72. The van der Waals surface area contributed by atoms with Gasteiger partial charge in [-0.2, -0.15) is 0 Å². The van der Waals surface area contributed by atoms with E-state index in [2.05, 4.69) is 48.9 Å². The molecule has 1 aromatic carbocycles. The second-order valence-electron chi connectivity index (χ2n) is 7.17. The number of hydrogen-bond donors (Lipinski definition) is 1. The van der Waals surface area contributed by atoms with Crippen LogP contribution in [0.4, 0.5) is 4.39 Å². The van der Waals surface area contributed by atoms with Gasteiger partial charge in [0.15, 0.2) is 0 Å². The van der Waals surface area contributed by atoms with Crippen LogP contribution >= 0.6 is 11.3 Å². The molecule has 3 aromatic rings. The van der Waals surface area contributed by atoms with Crippen molar-refractivity contribution in [3.8, 4) is 0 Å². The summed E-state index contributed by atoms with van der Waals surface area (Å²) < 4.78 is 12.9. The maximum atomic E-state index is 12.9. The van der Waals surface area contributed by atoms with Crippen molar-refractivity contribution in [3.63, 3.8) is 0 Å². The number of benzene rings is 1. The molecule has 4 rings (SSSR count). The number of hydrogen-bond acceptors (Lipinski definition) is 4. The summed E-state index contributed by atoms with van der Waals surface area (Å²) in [7, 11) is 0. The number of nitrogens with one attached hydrogen (secondary N) is 1. The zero-order chi connectivity index (χ0) is 19.8. The van der Waals surface area contributed by atoms with Crippen LogP contribution in [0.2, 0.25) is 0 Å². The number of aryl methyl sites for hydroxylation is 1. The van der Waals surface area contributed by atoms with E-state index < -0.39 is 6.67 Å². The van der Waals surface area contributed by atoms with Gasteiger partial charge in [0.05, 0.1) is 11.4 Å². The predicted octanol–water partition coefficient (Wildman–Crippen LogP) is 4.47. The van der Waals surface area contributed by atoms with Crippen molar-refractivity contribution in [2.75, 3.05) is 0 Å². The van der Waals surface area contributed by atoms with Crippen LogP contribution in [0.1, 0.15) is 42.5 Å². The monoisotopic (exact) mass is 393 g/mol. The third-order valence-corrected chi connectivity index (χ3v) is 6.29. The molecule has 1 atom stereocenters. The lowest BCUT2D eigenvalue weighted by Gasteiger charge is -2.27. The summed E-state index contributed by atoms with van der Waals surface area (Å²) in [6.07, 6.45) is 1.64. The second-order valence-corrected chi connectivity index (χ2v) is 8.07. The maximum Gasteiger partial charge on any atom is 0.124 e. The molecule has 1 aliphatic heterocycles. The molecule has 1 N–H and O–H groups in total. The van der Waals surface area contributed by atoms with Crippen molar-refractivity contribution >= 4 is 33.8 Å². The number of hydrazine groups is 1. The van der Waals surface area contributed by atoms with Gasteiger partial charge in [-0.05, 0) is 41.5 Å². The minimum Gasteiger partial charge on any atom is -0.301 e. The quantitative estimate of drug-likeness (QED) is 0.709. The van der Waals surface area contributed by atoms with E-state index in [9.17, 15) is 4.39 Å². The van der Waals surface area contributed by atoms with Gasteiger partial charge in [-0.3, -0.25) is 5.01 Å². The first-order chi connectivity index (χ1) is 13.5. The molecule has 0 amide bonds. The minimum atomic E-state index is -0.442. The second kappa shape index (κ2) is 7.40. The molecule has 1 unspecified atom stereocenters. The smallest absolute Gasteiger partial charge is 0.124 e. The van der Waals surface area contributed by atoms with Crippen molar-refractivity contribution in [2.24, 2.45) is 0 Å². The number of aromatic nitrogens is 1. The summed E-state index contributed by atoms with van der Waals surface area (Å²) in [6, 6.07) is 9.97. The van der Waals surface area contributed by atoms with Crippen LogP contribution in [0.5, 0.6) is 0 Å². The fraction of sp³-hybridized carbons (Fsp3) is 0.261. The zero-order valence-corrected chi connectivity index (χ0v) is 17.1. The number of pyridine rings is 1. The number of rotatable bonds is 4. The molecule has 2 aromatic heterocycles. The Balaban J connectivity index is 1.85. The largest absolute Gasteiger partial charge is 0.301 e. The van der Waals surface area contributed by atoms with Crippen LogP contribution in [-0.2, 0) is 6.67 Å². The van der Waals surface area contributed by atoms with Gasteiger partial charge < -0.3 is 5.43 Å². The van der Waals surface area contributed by atoms with Gasteiger partial charge in [0, 0.05) is 28.4 Å². The Hall–Kier alpha value is -2.66. The van der Waals surface area contributed by atoms with Gasteiger partial charge in [-0.1, -0.05) is 44.3 Å². The summed E-state index contributed by atoms with van der Waals surface area (Å²) in [5.74, 6) is 0. The molecule has 28 heavy (non-hydrogen) atoms. The van der Waals surface area contributed by atoms with Crippen molar-refractivity contribution in [2.45, 2.75) is 39.4 Å². The van der Waals surface area contributed by atoms with Crippen LogP contribution < -0.4 is 16.0 Å². The molecule has 1 saturated heterocycles. The lowest BCUT2D eigenvalue weighted by molar-refractivity contribution is 0.253. The van der Waals surface area contributed by atoms with Gasteiger partial charge in [-0.15, -0.1) is 11.3 Å². The lowest BCUT2D eigenvalue weighted by atomic mass is 10.00. The fourth-order valence-electron chi connectivity index (χ4n) is 3.88. The number of nitrogens with zero attached hydrogens (tertiary/aromatic N) is 2.